The van der Waals surface area contributed by atoms with Crippen LogP contribution >= 0.6 is 0 Å². The van der Waals surface area contributed by atoms with Crippen molar-refractivity contribution < 1.29 is 9.53 Å². The van der Waals surface area contributed by atoms with Gasteiger partial charge in [-0.25, -0.2) is 9.78 Å². The SMILES string of the molecule is CCOC(=O)c1cc2cc(-n3ccnc3)ccc2[nH]1. The van der Waals surface area contributed by atoms with E-state index in [-0.39, 0.29) is 5.97 Å². The Labute approximate surface area is 109 Å². The summed E-state index contributed by atoms with van der Waals surface area (Å²) in [6.45, 7) is 2.16. The predicted octanol–water partition coefficient (Wildman–Crippen LogP) is 2.53. The summed E-state index contributed by atoms with van der Waals surface area (Å²) in [5, 5.41) is 0.967. The van der Waals surface area contributed by atoms with Crippen LogP contribution in [0.5, 0.6) is 0 Å². The quantitative estimate of drug-likeness (QED) is 0.731. The van der Waals surface area contributed by atoms with Crippen molar-refractivity contribution in [2.45, 2.75) is 6.92 Å². The molecule has 0 unspecified atom stereocenters. The highest BCUT2D eigenvalue weighted by Crippen LogP contribution is 2.20. The fraction of sp³-hybridized carbons (Fsp3) is 0.143. The zero-order valence-electron chi connectivity index (χ0n) is 10.5. The number of hydrogen-bond acceptors (Lipinski definition) is 3. The van der Waals surface area contributed by atoms with Crippen LogP contribution < -0.4 is 0 Å². The Morgan fingerprint density at radius 2 is 2.32 bits per heavy atom. The fourth-order valence-corrected chi connectivity index (χ4v) is 2.01. The van der Waals surface area contributed by atoms with Gasteiger partial charge in [0.15, 0.2) is 0 Å². The minimum atomic E-state index is -0.331. The Kier molecular flexibility index (Phi) is 2.79. The molecule has 0 saturated heterocycles. The van der Waals surface area contributed by atoms with E-state index in [1.165, 1.54) is 0 Å². The molecule has 3 aromatic rings. The van der Waals surface area contributed by atoms with Gasteiger partial charge in [0.2, 0.25) is 0 Å². The molecule has 0 bridgehead atoms. The van der Waals surface area contributed by atoms with Gasteiger partial charge in [-0.15, -0.1) is 0 Å². The first-order valence-electron chi connectivity index (χ1n) is 6.06. The molecule has 0 amide bonds. The summed E-state index contributed by atoms with van der Waals surface area (Å²) < 4.78 is 6.89. The van der Waals surface area contributed by atoms with Crippen molar-refractivity contribution in [3.63, 3.8) is 0 Å². The molecule has 0 aliphatic heterocycles. The van der Waals surface area contributed by atoms with Gasteiger partial charge in [-0.1, -0.05) is 0 Å². The molecule has 2 aromatic heterocycles. The van der Waals surface area contributed by atoms with Gasteiger partial charge in [-0.05, 0) is 31.2 Å². The zero-order valence-corrected chi connectivity index (χ0v) is 10.5. The van der Waals surface area contributed by atoms with Crippen molar-refractivity contribution in [1.82, 2.24) is 14.5 Å². The van der Waals surface area contributed by atoms with Crippen LogP contribution in [0.15, 0.2) is 43.0 Å². The van der Waals surface area contributed by atoms with Crippen LogP contribution in [0.4, 0.5) is 0 Å². The Morgan fingerprint density at radius 3 is 3.05 bits per heavy atom. The largest absolute Gasteiger partial charge is 0.461 e. The third-order valence-electron chi connectivity index (χ3n) is 2.90. The molecule has 0 spiro atoms. The second-order valence-corrected chi connectivity index (χ2v) is 4.14. The van der Waals surface area contributed by atoms with Gasteiger partial charge in [0.05, 0.1) is 12.9 Å². The van der Waals surface area contributed by atoms with Gasteiger partial charge in [0.1, 0.15) is 5.69 Å². The summed E-state index contributed by atoms with van der Waals surface area (Å²) in [5.41, 5.74) is 2.38. The van der Waals surface area contributed by atoms with Gasteiger partial charge in [0, 0.05) is 29.0 Å². The lowest BCUT2D eigenvalue weighted by molar-refractivity contribution is 0.0520. The number of imidazole rings is 1. The van der Waals surface area contributed by atoms with E-state index in [0.29, 0.717) is 12.3 Å². The smallest absolute Gasteiger partial charge is 0.354 e. The number of aromatic amines is 1. The minimum absolute atomic E-state index is 0.331. The third kappa shape index (κ3) is 2.10. The lowest BCUT2D eigenvalue weighted by Gasteiger charge is -2.01. The highest BCUT2D eigenvalue weighted by molar-refractivity contribution is 5.95. The average molecular weight is 255 g/mol. The van der Waals surface area contributed by atoms with E-state index in [1.807, 2.05) is 29.0 Å². The number of hydrogen-bond donors (Lipinski definition) is 1. The average Bonchev–Trinajstić information content (AvgIpc) is 3.07. The fourth-order valence-electron chi connectivity index (χ4n) is 2.01. The normalized spacial score (nSPS) is 10.8. The summed E-state index contributed by atoms with van der Waals surface area (Å²) in [4.78, 5) is 18.7. The number of H-pyrrole nitrogens is 1. The monoisotopic (exact) mass is 255 g/mol. The number of rotatable bonds is 3. The number of fused-ring (bicyclic) bond motifs is 1. The molecular formula is C14H13N3O2. The molecule has 0 atom stereocenters. The highest BCUT2D eigenvalue weighted by atomic mass is 16.5. The van der Waals surface area contributed by atoms with E-state index < -0.39 is 0 Å². The molecule has 2 heterocycles. The van der Waals surface area contributed by atoms with Crippen LogP contribution in [0.2, 0.25) is 0 Å². The Balaban J connectivity index is 2.02. The molecule has 0 fully saturated rings. The second kappa shape index (κ2) is 4.61. The van der Waals surface area contributed by atoms with Crippen LogP contribution in [0.3, 0.4) is 0 Å². The molecule has 96 valence electrons. The van der Waals surface area contributed by atoms with Crippen LogP contribution in [-0.4, -0.2) is 27.1 Å². The first-order valence-corrected chi connectivity index (χ1v) is 6.06. The minimum Gasteiger partial charge on any atom is -0.461 e. The highest BCUT2D eigenvalue weighted by Gasteiger charge is 2.10. The summed E-state index contributed by atoms with van der Waals surface area (Å²) in [5.74, 6) is -0.331. The van der Waals surface area contributed by atoms with Crippen LogP contribution in [0, 0.1) is 0 Å². The van der Waals surface area contributed by atoms with E-state index in [9.17, 15) is 4.79 Å². The van der Waals surface area contributed by atoms with Gasteiger partial charge >= 0.3 is 5.97 Å². The summed E-state index contributed by atoms with van der Waals surface area (Å²) >= 11 is 0. The summed E-state index contributed by atoms with van der Waals surface area (Å²) in [6, 6.07) is 7.70. The number of ether oxygens (including phenoxy) is 1. The van der Waals surface area contributed by atoms with Crippen molar-refractivity contribution in [3.05, 3.63) is 48.7 Å². The number of nitrogens with zero attached hydrogens (tertiary/aromatic N) is 2. The number of benzene rings is 1. The van der Waals surface area contributed by atoms with Gasteiger partial charge in [0.25, 0.3) is 0 Å². The van der Waals surface area contributed by atoms with Crippen LogP contribution in [-0.2, 0) is 4.74 Å². The van der Waals surface area contributed by atoms with E-state index in [0.717, 1.165) is 16.6 Å². The predicted molar refractivity (Wildman–Crippen MR) is 71.4 cm³/mol. The first-order chi connectivity index (χ1) is 9.28. The van der Waals surface area contributed by atoms with Crippen LogP contribution in [0.25, 0.3) is 16.6 Å². The van der Waals surface area contributed by atoms with E-state index >= 15 is 0 Å². The first kappa shape index (κ1) is 11.5. The molecule has 0 saturated carbocycles. The molecular weight excluding hydrogens is 242 g/mol. The van der Waals surface area contributed by atoms with Gasteiger partial charge < -0.3 is 14.3 Å². The molecule has 1 N–H and O–H groups in total. The number of carbonyl (C=O) groups is 1. The lowest BCUT2D eigenvalue weighted by Crippen LogP contribution is -2.04. The number of nitrogens with one attached hydrogen (secondary N) is 1. The zero-order chi connectivity index (χ0) is 13.2. The van der Waals surface area contributed by atoms with Crippen molar-refractivity contribution in [1.29, 1.82) is 0 Å². The lowest BCUT2D eigenvalue weighted by atomic mass is 10.2. The Hall–Kier alpha value is -2.56. The maximum Gasteiger partial charge on any atom is 0.354 e. The topological polar surface area (TPSA) is 59.9 Å². The molecule has 5 heteroatoms. The van der Waals surface area contributed by atoms with E-state index in [4.69, 9.17) is 4.74 Å². The molecule has 3 rings (SSSR count). The van der Waals surface area contributed by atoms with Gasteiger partial charge in [-0.3, -0.25) is 0 Å². The van der Waals surface area contributed by atoms with Crippen LogP contribution in [0.1, 0.15) is 17.4 Å². The molecule has 0 radical (unpaired) electrons. The van der Waals surface area contributed by atoms with E-state index in [2.05, 4.69) is 9.97 Å². The van der Waals surface area contributed by atoms with E-state index in [1.54, 1.807) is 25.5 Å². The number of carbonyl (C=O) groups excluding carboxylic acids is 1. The number of aromatic nitrogens is 3. The Bertz CT molecular complexity index is 713. The molecule has 0 aliphatic carbocycles. The Morgan fingerprint density at radius 1 is 1.42 bits per heavy atom. The number of esters is 1. The maximum atomic E-state index is 11.7. The molecule has 1 aromatic carbocycles. The molecule has 19 heavy (non-hydrogen) atoms. The summed E-state index contributed by atoms with van der Waals surface area (Å²) in [6.07, 6.45) is 5.34. The van der Waals surface area contributed by atoms with Crippen molar-refractivity contribution in [2.24, 2.45) is 0 Å². The molecule has 5 nitrogen and oxygen atoms in total. The van der Waals surface area contributed by atoms with Crippen molar-refractivity contribution >= 4 is 16.9 Å². The second-order valence-electron chi connectivity index (χ2n) is 4.14. The third-order valence-corrected chi connectivity index (χ3v) is 2.90. The maximum absolute atomic E-state index is 11.7. The van der Waals surface area contributed by atoms with Gasteiger partial charge in [-0.2, -0.15) is 0 Å². The standard InChI is InChI=1S/C14H13N3O2/c1-2-19-14(18)13-8-10-7-11(3-4-12(10)16-13)17-6-5-15-9-17/h3-9,16H,2H2,1H3. The van der Waals surface area contributed by atoms with Crippen molar-refractivity contribution in [2.75, 3.05) is 6.61 Å². The molecule has 0 aliphatic rings. The van der Waals surface area contributed by atoms with Crippen molar-refractivity contribution in [3.8, 4) is 5.69 Å². The summed E-state index contributed by atoms with van der Waals surface area (Å²) in [7, 11) is 0.